The minimum Gasteiger partial charge on any atom is -0.314 e. The molecule has 0 radical (unpaired) electrons. The quantitative estimate of drug-likeness (QED) is 0.499. The summed E-state index contributed by atoms with van der Waals surface area (Å²) in [5.74, 6) is 0. The molecule has 0 aromatic carbocycles. The summed E-state index contributed by atoms with van der Waals surface area (Å²) in [6, 6.07) is 0. The van der Waals surface area contributed by atoms with Crippen LogP contribution < -0.4 is 0 Å². The van der Waals surface area contributed by atoms with E-state index in [1.165, 1.54) is 0 Å². The lowest BCUT2D eigenvalue weighted by atomic mass is 10.8. The van der Waals surface area contributed by atoms with Crippen molar-refractivity contribution in [1.82, 2.24) is 4.57 Å². The Morgan fingerprint density at radius 1 is 1.06 bits per heavy atom. The predicted octanol–water partition coefficient (Wildman–Crippen LogP) is 3.37. The molecule has 0 aromatic rings. The van der Waals surface area contributed by atoms with E-state index in [9.17, 15) is 4.57 Å². The maximum absolute atomic E-state index is 12.4. The van der Waals surface area contributed by atoms with Gasteiger partial charge in [0, 0.05) is 0 Å². The SMILES string of the molecule is CCOP(=O)(CN(CC)[Si](C)(C)C)OCC. The van der Waals surface area contributed by atoms with Crippen LogP contribution in [-0.4, -0.2) is 38.8 Å². The van der Waals surface area contributed by atoms with Crippen molar-refractivity contribution in [3.8, 4) is 0 Å². The van der Waals surface area contributed by atoms with E-state index in [-0.39, 0.29) is 0 Å². The molecule has 6 heteroatoms. The summed E-state index contributed by atoms with van der Waals surface area (Å²) in [5.41, 5.74) is 0. The van der Waals surface area contributed by atoms with E-state index in [0.717, 1.165) is 6.54 Å². The van der Waals surface area contributed by atoms with Gasteiger partial charge in [0.05, 0.1) is 19.5 Å². The molecule has 0 saturated heterocycles. The highest BCUT2D eigenvalue weighted by Crippen LogP contribution is 2.49. The predicted molar refractivity (Wildman–Crippen MR) is 71.5 cm³/mol. The van der Waals surface area contributed by atoms with Gasteiger partial charge in [-0.25, -0.2) is 0 Å². The van der Waals surface area contributed by atoms with E-state index >= 15 is 0 Å². The van der Waals surface area contributed by atoms with Crippen molar-refractivity contribution in [1.29, 1.82) is 0 Å². The Bertz CT molecular complexity index is 233. The maximum atomic E-state index is 12.4. The van der Waals surface area contributed by atoms with Gasteiger partial charge in [-0.15, -0.1) is 0 Å². The summed E-state index contributed by atoms with van der Waals surface area (Å²) < 4.78 is 25.2. The zero-order chi connectivity index (χ0) is 12.8. The van der Waals surface area contributed by atoms with Crippen LogP contribution >= 0.6 is 7.60 Å². The van der Waals surface area contributed by atoms with Crippen LogP contribution in [0.25, 0.3) is 0 Å². The Balaban J connectivity index is 4.66. The molecule has 16 heavy (non-hydrogen) atoms. The fraction of sp³-hybridized carbons (Fsp3) is 1.00. The first-order valence-corrected chi connectivity index (χ1v) is 11.1. The summed E-state index contributed by atoms with van der Waals surface area (Å²) >= 11 is 0. The second-order valence-electron chi connectivity index (χ2n) is 4.61. The minimum atomic E-state index is -2.93. The summed E-state index contributed by atoms with van der Waals surface area (Å²) in [4.78, 5) is 0. The molecule has 0 aromatic heterocycles. The summed E-state index contributed by atoms with van der Waals surface area (Å²) in [7, 11) is -4.38. The molecule has 0 aliphatic heterocycles. The van der Waals surface area contributed by atoms with Crippen LogP contribution in [0.2, 0.25) is 19.6 Å². The second kappa shape index (κ2) is 6.92. The molecule has 0 fully saturated rings. The van der Waals surface area contributed by atoms with Crippen molar-refractivity contribution in [2.75, 3.05) is 26.0 Å². The molecular formula is C10H26NO3PSi. The monoisotopic (exact) mass is 267 g/mol. The first-order chi connectivity index (χ1) is 7.29. The van der Waals surface area contributed by atoms with Gasteiger partial charge >= 0.3 is 7.60 Å². The average molecular weight is 267 g/mol. The number of nitrogens with zero attached hydrogens (tertiary/aromatic N) is 1. The molecule has 0 aliphatic rings. The molecule has 0 spiro atoms. The minimum absolute atomic E-state index is 0.418. The van der Waals surface area contributed by atoms with Crippen LogP contribution in [0, 0.1) is 0 Å². The molecule has 0 rings (SSSR count). The van der Waals surface area contributed by atoms with Gasteiger partial charge in [0.15, 0.2) is 0 Å². The van der Waals surface area contributed by atoms with Crippen molar-refractivity contribution >= 4 is 15.8 Å². The van der Waals surface area contributed by atoms with Crippen molar-refractivity contribution in [2.45, 2.75) is 40.4 Å². The van der Waals surface area contributed by atoms with Crippen molar-refractivity contribution < 1.29 is 13.6 Å². The second-order valence-corrected chi connectivity index (χ2v) is 11.6. The Morgan fingerprint density at radius 2 is 1.50 bits per heavy atom. The summed E-state index contributed by atoms with van der Waals surface area (Å²) in [6.07, 6.45) is 0.418. The molecular weight excluding hydrogens is 241 g/mol. The molecule has 0 saturated carbocycles. The Labute approximate surface area is 101 Å². The first kappa shape index (κ1) is 16.3. The van der Waals surface area contributed by atoms with Crippen molar-refractivity contribution in [3.05, 3.63) is 0 Å². The van der Waals surface area contributed by atoms with Crippen molar-refractivity contribution in [2.24, 2.45) is 0 Å². The van der Waals surface area contributed by atoms with E-state index in [2.05, 4.69) is 31.1 Å². The van der Waals surface area contributed by atoms with Gasteiger partial charge in [-0.2, -0.15) is 0 Å². The molecule has 0 N–H and O–H groups in total. The third-order valence-electron chi connectivity index (χ3n) is 2.33. The van der Waals surface area contributed by atoms with Crippen molar-refractivity contribution in [3.63, 3.8) is 0 Å². The van der Waals surface area contributed by atoms with Gasteiger partial charge in [0.2, 0.25) is 0 Å². The smallest absolute Gasteiger partial charge is 0.314 e. The molecule has 98 valence electrons. The topological polar surface area (TPSA) is 38.8 Å². The average Bonchev–Trinajstić information content (AvgIpc) is 2.13. The Morgan fingerprint density at radius 3 is 1.75 bits per heavy atom. The third kappa shape index (κ3) is 5.59. The van der Waals surface area contributed by atoms with Gasteiger partial charge in [0.1, 0.15) is 8.24 Å². The molecule has 0 aliphatic carbocycles. The standard InChI is InChI=1S/C10H26NO3PSi/c1-7-11(16(4,5)6)10-15(12,13-8-2)14-9-3/h7-10H2,1-6H3. The molecule has 0 bridgehead atoms. The zero-order valence-electron chi connectivity index (χ0n) is 11.4. The first-order valence-electron chi connectivity index (χ1n) is 5.92. The van der Waals surface area contributed by atoms with Gasteiger partial charge in [-0.3, -0.25) is 4.57 Å². The van der Waals surface area contributed by atoms with E-state index in [4.69, 9.17) is 9.05 Å². The lowest BCUT2D eigenvalue weighted by Gasteiger charge is -2.34. The Hall–Kier alpha value is 0.327. The lowest BCUT2D eigenvalue weighted by Crippen LogP contribution is -2.46. The van der Waals surface area contributed by atoms with Crippen LogP contribution in [-0.2, 0) is 13.6 Å². The van der Waals surface area contributed by atoms with Gasteiger partial charge in [0.25, 0.3) is 0 Å². The van der Waals surface area contributed by atoms with E-state index in [1.807, 2.05) is 13.8 Å². The van der Waals surface area contributed by atoms with E-state index < -0.39 is 15.8 Å². The van der Waals surface area contributed by atoms with Gasteiger partial charge in [-0.05, 0) is 20.4 Å². The Kier molecular flexibility index (Phi) is 7.06. The van der Waals surface area contributed by atoms with Crippen LogP contribution in [0.4, 0.5) is 0 Å². The van der Waals surface area contributed by atoms with E-state index in [0.29, 0.717) is 19.5 Å². The number of rotatable bonds is 8. The summed E-state index contributed by atoms with van der Waals surface area (Å²) in [6.45, 7) is 14.2. The molecule has 4 nitrogen and oxygen atoms in total. The highest BCUT2D eigenvalue weighted by Gasteiger charge is 2.32. The number of hydrogen-bond acceptors (Lipinski definition) is 4. The van der Waals surface area contributed by atoms with Gasteiger partial charge in [-0.1, -0.05) is 26.6 Å². The highest BCUT2D eigenvalue weighted by molar-refractivity contribution is 7.53. The van der Waals surface area contributed by atoms with Crippen LogP contribution in [0.3, 0.4) is 0 Å². The normalized spacial score (nSPS) is 13.4. The third-order valence-corrected chi connectivity index (χ3v) is 6.95. The van der Waals surface area contributed by atoms with Crippen LogP contribution in [0.5, 0.6) is 0 Å². The lowest BCUT2D eigenvalue weighted by molar-refractivity contribution is 0.210. The molecule has 0 amide bonds. The fourth-order valence-electron chi connectivity index (χ4n) is 1.51. The fourth-order valence-corrected chi connectivity index (χ4v) is 6.32. The largest absolute Gasteiger partial charge is 0.343 e. The van der Waals surface area contributed by atoms with E-state index in [1.54, 1.807) is 0 Å². The highest BCUT2D eigenvalue weighted by atomic mass is 31.2. The molecule has 0 atom stereocenters. The zero-order valence-corrected chi connectivity index (χ0v) is 13.3. The van der Waals surface area contributed by atoms with Crippen LogP contribution in [0.15, 0.2) is 0 Å². The summed E-state index contributed by atoms with van der Waals surface area (Å²) in [5, 5.41) is 0. The molecule has 0 heterocycles. The maximum Gasteiger partial charge on any atom is 0.343 e. The number of hydrogen-bond donors (Lipinski definition) is 0. The van der Waals surface area contributed by atoms with Crippen LogP contribution in [0.1, 0.15) is 20.8 Å². The molecule has 0 unspecified atom stereocenters. The van der Waals surface area contributed by atoms with Gasteiger partial charge < -0.3 is 13.6 Å².